The number of rotatable bonds is 4. The predicted molar refractivity (Wildman–Crippen MR) is 79.6 cm³/mol. The molecule has 0 spiro atoms. The van der Waals surface area contributed by atoms with E-state index in [1.807, 2.05) is 34.6 Å². The smallest absolute Gasteiger partial charge is 0.409 e. The maximum Gasteiger partial charge on any atom is 0.409 e. The Kier molecular flexibility index (Phi) is 16.5. The van der Waals surface area contributed by atoms with E-state index >= 15 is 0 Å². The first-order valence-corrected chi connectivity index (χ1v) is 7.42. The number of carbonyl (C=O) groups excluding carboxylic acids is 1. The topological polar surface area (TPSA) is 42.0 Å². The van der Waals surface area contributed by atoms with Gasteiger partial charge in [-0.1, -0.05) is 27.7 Å². The van der Waals surface area contributed by atoms with Crippen LogP contribution in [0.4, 0.5) is 4.79 Å². The zero-order valence-electron chi connectivity index (χ0n) is 13.6. The van der Waals surface area contributed by atoms with E-state index < -0.39 is 0 Å². The molecule has 0 unspecified atom stereocenters. The molecule has 0 radical (unpaired) electrons. The largest absolute Gasteiger partial charge is 0.450 e. The Morgan fingerprint density at radius 2 is 1.74 bits per heavy atom. The van der Waals surface area contributed by atoms with Gasteiger partial charge in [0.05, 0.1) is 19.8 Å². The van der Waals surface area contributed by atoms with Crippen molar-refractivity contribution in [1.29, 1.82) is 0 Å². The molecule has 0 atom stereocenters. The van der Waals surface area contributed by atoms with Crippen LogP contribution < -0.4 is 0 Å². The number of hydrogen-bond donors (Lipinski definition) is 0. The monoisotopic (exact) mass is 276 g/mol. The highest BCUT2D eigenvalue weighted by atomic mass is 16.6. The lowest BCUT2D eigenvalue weighted by Crippen LogP contribution is -2.42. The van der Waals surface area contributed by atoms with Gasteiger partial charge >= 0.3 is 6.09 Å². The summed E-state index contributed by atoms with van der Waals surface area (Å²) >= 11 is 0. The van der Waals surface area contributed by atoms with E-state index in [0.29, 0.717) is 13.2 Å². The Bertz CT molecular complexity index is 195. The SMILES string of the molecule is CC.CC.CCOC(=O)N(C)CCN1CCOCC1. The molecule has 0 N–H and O–H groups in total. The van der Waals surface area contributed by atoms with Crippen molar-refractivity contribution in [3.63, 3.8) is 0 Å². The predicted octanol–water partition coefficient (Wildman–Crippen LogP) is 2.46. The fourth-order valence-corrected chi connectivity index (χ4v) is 1.44. The first-order chi connectivity index (χ1) is 9.24. The number of carbonyl (C=O) groups is 1. The zero-order valence-corrected chi connectivity index (χ0v) is 13.6. The second-order valence-electron chi connectivity index (χ2n) is 3.57. The minimum atomic E-state index is -0.245. The van der Waals surface area contributed by atoms with E-state index in [-0.39, 0.29) is 6.09 Å². The van der Waals surface area contributed by atoms with Gasteiger partial charge < -0.3 is 14.4 Å². The van der Waals surface area contributed by atoms with Crippen LogP contribution in [0.25, 0.3) is 0 Å². The summed E-state index contributed by atoms with van der Waals surface area (Å²) in [6, 6.07) is 0. The molecule has 0 saturated carbocycles. The van der Waals surface area contributed by atoms with Gasteiger partial charge in [-0.05, 0) is 6.92 Å². The van der Waals surface area contributed by atoms with Gasteiger partial charge in [0.25, 0.3) is 0 Å². The maximum atomic E-state index is 11.3. The highest BCUT2D eigenvalue weighted by molar-refractivity contribution is 5.67. The van der Waals surface area contributed by atoms with Crippen molar-refractivity contribution in [2.75, 3.05) is 53.0 Å². The summed E-state index contributed by atoms with van der Waals surface area (Å²) in [5, 5.41) is 0. The minimum Gasteiger partial charge on any atom is -0.450 e. The van der Waals surface area contributed by atoms with Gasteiger partial charge in [-0.3, -0.25) is 4.90 Å². The molecule has 0 bridgehead atoms. The summed E-state index contributed by atoms with van der Waals surface area (Å²) in [5.41, 5.74) is 0. The van der Waals surface area contributed by atoms with Crippen molar-refractivity contribution >= 4 is 6.09 Å². The van der Waals surface area contributed by atoms with Crippen molar-refractivity contribution in [3.05, 3.63) is 0 Å². The quantitative estimate of drug-likeness (QED) is 0.791. The number of amides is 1. The van der Waals surface area contributed by atoms with Crippen molar-refractivity contribution in [2.45, 2.75) is 34.6 Å². The summed E-state index contributed by atoms with van der Waals surface area (Å²) in [6.45, 7) is 15.3. The summed E-state index contributed by atoms with van der Waals surface area (Å²) in [6.07, 6.45) is -0.245. The summed E-state index contributed by atoms with van der Waals surface area (Å²) in [4.78, 5) is 15.2. The zero-order chi connectivity index (χ0) is 15.1. The second kappa shape index (κ2) is 15.2. The Balaban J connectivity index is 0. The molecule has 0 aromatic rings. The lowest BCUT2D eigenvalue weighted by molar-refractivity contribution is 0.0337. The highest BCUT2D eigenvalue weighted by Gasteiger charge is 2.13. The van der Waals surface area contributed by atoms with Crippen LogP contribution in [0, 0.1) is 0 Å². The number of nitrogens with zero attached hydrogens (tertiary/aromatic N) is 2. The van der Waals surface area contributed by atoms with Crippen LogP contribution in [0.15, 0.2) is 0 Å². The number of likely N-dealkylation sites (N-methyl/N-ethyl adjacent to an activating group) is 1. The molecule has 0 aromatic carbocycles. The molecule has 1 rings (SSSR count). The van der Waals surface area contributed by atoms with Crippen LogP contribution in [-0.4, -0.2) is 68.9 Å². The first-order valence-electron chi connectivity index (χ1n) is 7.42. The Morgan fingerprint density at radius 3 is 2.21 bits per heavy atom. The van der Waals surface area contributed by atoms with Gasteiger partial charge in [0, 0.05) is 33.2 Å². The Hall–Kier alpha value is -0.810. The molecule has 5 heteroatoms. The molecule has 116 valence electrons. The van der Waals surface area contributed by atoms with Gasteiger partial charge in [-0.15, -0.1) is 0 Å². The maximum absolute atomic E-state index is 11.3. The van der Waals surface area contributed by atoms with E-state index in [9.17, 15) is 4.79 Å². The van der Waals surface area contributed by atoms with Gasteiger partial charge in [0.2, 0.25) is 0 Å². The van der Waals surface area contributed by atoms with Crippen LogP contribution in [0.5, 0.6) is 0 Å². The van der Waals surface area contributed by atoms with Crippen molar-refractivity contribution in [1.82, 2.24) is 9.80 Å². The fourth-order valence-electron chi connectivity index (χ4n) is 1.44. The third-order valence-electron chi connectivity index (χ3n) is 2.43. The molecule has 5 nitrogen and oxygen atoms in total. The molecule has 1 saturated heterocycles. The van der Waals surface area contributed by atoms with E-state index in [4.69, 9.17) is 9.47 Å². The third-order valence-corrected chi connectivity index (χ3v) is 2.43. The molecule has 19 heavy (non-hydrogen) atoms. The standard InChI is InChI=1S/C10H20N2O3.2C2H6/c1-3-15-10(13)11(2)4-5-12-6-8-14-9-7-12;2*1-2/h3-9H2,1-2H3;2*1-2H3. The van der Waals surface area contributed by atoms with E-state index in [0.717, 1.165) is 32.8 Å². The van der Waals surface area contributed by atoms with Crippen LogP contribution in [0.2, 0.25) is 0 Å². The molecular weight excluding hydrogens is 244 g/mol. The second-order valence-corrected chi connectivity index (χ2v) is 3.57. The van der Waals surface area contributed by atoms with E-state index in [1.165, 1.54) is 0 Å². The number of morpholine rings is 1. The normalized spacial score (nSPS) is 14.4. The summed E-state index contributed by atoms with van der Waals surface area (Å²) in [5.74, 6) is 0. The average molecular weight is 276 g/mol. The molecule has 0 aliphatic carbocycles. The van der Waals surface area contributed by atoms with Crippen LogP contribution in [-0.2, 0) is 9.47 Å². The van der Waals surface area contributed by atoms with Gasteiger partial charge in [-0.25, -0.2) is 4.79 Å². The minimum absolute atomic E-state index is 0.245. The molecule has 1 amide bonds. The van der Waals surface area contributed by atoms with E-state index in [1.54, 1.807) is 11.9 Å². The lowest BCUT2D eigenvalue weighted by atomic mass is 10.4. The van der Waals surface area contributed by atoms with Gasteiger partial charge in [-0.2, -0.15) is 0 Å². The molecule has 1 heterocycles. The molecule has 1 aliphatic heterocycles. The number of hydrogen-bond acceptors (Lipinski definition) is 4. The van der Waals surface area contributed by atoms with Crippen molar-refractivity contribution < 1.29 is 14.3 Å². The lowest BCUT2D eigenvalue weighted by Gasteiger charge is -2.28. The molecular formula is C14H32N2O3. The van der Waals surface area contributed by atoms with Gasteiger partial charge in [0.15, 0.2) is 0 Å². The summed E-state index contributed by atoms with van der Waals surface area (Å²) < 4.78 is 10.1. The Labute approximate surface area is 118 Å². The highest BCUT2D eigenvalue weighted by Crippen LogP contribution is 1.97. The molecule has 1 fully saturated rings. The number of ether oxygens (including phenoxy) is 2. The fraction of sp³-hybridized carbons (Fsp3) is 0.929. The summed E-state index contributed by atoms with van der Waals surface area (Å²) in [7, 11) is 1.76. The molecule has 0 aromatic heterocycles. The van der Waals surface area contributed by atoms with Crippen LogP contribution in [0.3, 0.4) is 0 Å². The third kappa shape index (κ3) is 10.8. The first kappa shape index (κ1) is 20.5. The van der Waals surface area contributed by atoms with Crippen molar-refractivity contribution in [3.8, 4) is 0 Å². The van der Waals surface area contributed by atoms with Gasteiger partial charge in [0.1, 0.15) is 0 Å². The Morgan fingerprint density at radius 1 is 1.21 bits per heavy atom. The van der Waals surface area contributed by atoms with Crippen molar-refractivity contribution in [2.24, 2.45) is 0 Å². The van der Waals surface area contributed by atoms with Crippen LogP contribution in [0.1, 0.15) is 34.6 Å². The molecule has 1 aliphatic rings. The average Bonchev–Trinajstić information content (AvgIpc) is 2.50. The van der Waals surface area contributed by atoms with Crippen LogP contribution >= 0.6 is 0 Å². The van der Waals surface area contributed by atoms with E-state index in [2.05, 4.69) is 4.90 Å².